The van der Waals surface area contributed by atoms with Crippen LogP contribution in [0.25, 0.3) is 10.4 Å². The Bertz CT molecular complexity index is 514. The number of benzene rings is 1. The minimum atomic E-state index is -0.784. The van der Waals surface area contributed by atoms with E-state index in [1.807, 2.05) is 23.6 Å². The first-order chi connectivity index (χ1) is 7.65. The molecule has 0 bridgehead atoms. The van der Waals surface area contributed by atoms with Gasteiger partial charge in [0.05, 0.1) is 6.42 Å². The molecular weight excluding hydrogens is 220 g/mol. The normalized spacial score (nSPS) is 10.3. The third-order valence-corrected chi connectivity index (χ3v) is 3.34. The van der Waals surface area contributed by atoms with Gasteiger partial charge in [-0.1, -0.05) is 29.8 Å². The molecule has 2 rings (SSSR count). The van der Waals surface area contributed by atoms with Crippen LogP contribution in [0.1, 0.15) is 11.1 Å². The monoisotopic (exact) mass is 232 g/mol. The molecule has 0 unspecified atom stereocenters. The van der Waals surface area contributed by atoms with Gasteiger partial charge < -0.3 is 5.11 Å². The summed E-state index contributed by atoms with van der Waals surface area (Å²) in [6.07, 6.45) is 0.0995. The van der Waals surface area contributed by atoms with Crippen LogP contribution in [-0.4, -0.2) is 11.1 Å². The van der Waals surface area contributed by atoms with Crippen molar-refractivity contribution in [3.05, 3.63) is 46.8 Å². The summed E-state index contributed by atoms with van der Waals surface area (Å²) >= 11 is 1.59. The fraction of sp³-hybridized carbons (Fsp3) is 0.154. The van der Waals surface area contributed by atoms with Crippen molar-refractivity contribution in [3.8, 4) is 10.4 Å². The Balaban J connectivity index is 2.28. The van der Waals surface area contributed by atoms with E-state index in [4.69, 9.17) is 5.11 Å². The second kappa shape index (κ2) is 4.49. The van der Waals surface area contributed by atoms with E-state index in [0.29, 0.717) is 0 Å². The Hall–Kier alpha value is -1.61. The molecule has 0 radical (unpaired) electrons. The Morgan fingerprint density at radius 1 is 1.38 bits per heavy atom. The molecule has 1 N–H and O–H groups in total. The molecule has 1 aromatic carbocycles. The highest BCUT2D eigenvalue weighted by Gasteiger charge is 2.05. The molecule has 0 spiro atoms. The van der Waals surface area contributed by atoms with Crippen LogP contribution < -0.4 is 0 Å². The largest absolute Gasteiger partial charge is 0.481 e. The second-order valence-corrected chi connectivity index (χ2v) is 4.67. The summed E-state index contributed by atoms with van der Waals surface area (Å²) in [5.41, 5.74) is 3.24. The lowest BCUT2D eigenvalue weighted by molar-refractivity contribution is -0.136. The van der Waals surface area contributed by atoms with Crippen LogP contribution in [-0.2, 0) is 11.2 Å². The molecule has 0 saturated carbocycles. The van der Waals surface area contributed by atoms with Crippen LogP contribution in [0.3, 0.4) is 0 Å². The number of hydrogen-bond acceptors (Lipinski definition) is 2. The third-order valence-electron chi connectivity index (χ3n) is 2.31. The Morgan fingerprint density at radius 2 is 2.19 bits per heavy atom. The number of carbonyl (C=O) groups is 1. The maximum absolute atomic E-state index is 10.6. The fourth-order valence-electron chi connectivity index (χ4n) is 1.59. The van der Waals surface area contributed by atoms with Gasteiger partial charge in [0.15, 0.2) is 0 Å². The van der Waals surface area contributed by atoms with Crippen molar-refractivity contribution in [2.45, 2.75) is 13.3 Å². The van der Waals surface area contributed by atoms with Gasteiger partial charge in [-0.2, -0.15) is 0 Å². The molecule has 2 aromatic rings. The van der Waals surface area contributed by atoms with Crippen molar-refractivity contribution in [1.29, 1.82) is 0 Å². The maximum Gasteiger partial charge on any atom is 0.307 e. The van der Waals surface area contributed by atoms with Gasteiger partial charge in [0.2, 0.25) is 0 Å². The topological polar surface area (TPSA) is 37.3 Å². The van der Waals surface area contributed by atoms with E-state index in [1.165, 1.54) is 5.56 Å². The van der Waals surface area contributed by atoms with Crippen LogP contribution in [0.4, 0.5) is 0 Å². The number of carboxylic acids is 1. The predicted octanol–water partition coefficient (Wildman–Crippen LogP) is 3.35. The van der Waals surface area contributed by atoms with Gasteiger partial charge in [0.25, 0.3) is 0 Å². The second-order valence-electron chi connectivity index (χ2n) is 3.76. The summed E-state index contributed by atoms with van der Waals surface area (Å²) < 4.78 is 0. The fourth-order valence-corrected chi connectivity index (χ4v) is 2.50. The number of thiophene rings is 1. The first kappa shape index (κ1) is 10.9. The summed E-state index contributed by atoms with van der Waals surface area (Å²) in [6, 6.07) is 10.2. The number of hydrogen-bond donors (Lipinski definition) is 1. The maximum atomic E-state index is 10.6. The zero-order valence-corrected chi connectivity index (χ0v) is 9.75. The number of rotatable bonds is 3. The van der Waals surface area contributed by atoms with E-state index < -0.39 is 5.97 Å². The summed E-state index contributed by atoms with van der Waals surface area (Å²) in [4.78, 5) is 11.7. The summed E-state index contributed by atoms with van der Waals surface area (Å²) in [5.74, 6) is -0.784. The van der Waals surface area contributed by atoms with E-state index in [0.717, 1.165) is 16.0 Å². The SMILES string of the molecule is Cc1cccc(-c2cc(CC(=O)O)cs2)c1. The van der Waals surface area contributed by atoms with Crippen molar-refractivity contribution < 1.29 is 9.90 Å². The molecular formula is C13H12O2S. The van der Waals surface area contributed by atoms with Crippen LogP contribution >= 0.6 is 11.3 Å². The minimum absolute atomic E-state index is 0.0995. The van der Waals surface area contributed by atoms with Crippen LogP contribution in [0, 0.1) is 6.92 Å². The molecule has 0 aliphatic rings. The number of aliphatic carboxylic acids is 1. The van der Waals surface area contributed by atoms with Gasteiger partial charge in [-0.05, 0) is 29.5 Å². The zero-order valence-electron chi connectivity index (χ0n) is 8.93. The highest BCUT2D eigenvalue weighted by Crippen LogP contribution is 2.27. The minimum Gasteiger partial charge on any atom is -0.481 e. The van der Waals surface area contributed by atoms with Crippen LogP contribution in [0.5, 0.6) is 0 Å². The Kier molecular flexibility index (Phi) is 3.06. The van der Waals surface area contributed by atoms with Crippen molar-refractivity contribution in [2.24, 2.45) is 0 Å². The van der Waals surface area contributed by atoms with E-state index >= 15 is 0 Å². The molecule has 0 aliphatic heterocycles. The quantitative estimate of drug-likeness (QED) is 0.881. The lowest BCUT2D eigenvalue weighted by Gasteiger charge is -1.98. The predicted molar refractivity (Wildman–Crippen MR) is 65.8 cm³/mol. The number of carboxylic acid groups (broad SMARTS) is 1. The average Bonchev–Trinajstić information content (AvgIpc) is 2.65. The Morgan fingerprint density at radius 3 is 2.88 bits per heavy atom. The molecule has 3 heteroatoms. The van der Waals surface area contributed by atoms with Crippen molar-refractivity contribution in [2.75, 3.05) is 0 Å². The first-order valence-electron chi connectivity index (χ1n) is 5.01. The standard InChI is InChI=1S/C13H12O2S/c1-9-3-2-4-11(5-9)12-6-10(8-16-12)7-13(14)15/h2-6,8H,7H2,1H3,(H,14,15). The molecule has 0 fully saturated rings. The van der Waals surface area contributed by atoms with Gasteiger partial charge in [0.1, 0.15) is 0 Å². The highest BCUT2D eigenvalue weighted by atomic mass is 32.1. The summed E-state index contributed by atoms with van der Waals surface area (Å²) in [6.45, 7) is 2.05. The lowest BCUT2D eigenvalue weighted by atomic mass is 10.1. The first-order valence-corrected chi connectivity index (χ1v) is 5.89. The molecule has 0 aliphatic carbocycles. The lowest BCUT2D eigenvalue weighted by Crippen LogP contribution is -1.97. The smallest absolute Gasteiger partial charge is 0.307 e. The van der Waals surface area contributed by atoms with Gasteiger partial charge >= 0.3 is 5.97 Å². The highest BCUT2D eigenvalue weighted by molar-refractivity contribution is 7.13. The molecule has 1 heterocycles. The van der Waals surface area contributed by atoms with E-state index in [9.17, 15) is 4.79 Å². The number of aryl methyl sites for hydroxylation is 1. The molecule has 82 valence electrons. The van der Waals surface area contributed by atoms with E-state index in [2.05, 4.69) is 19.1 Å². The van der Waals surface area contributed by atoms with Gasteiger partial charge in [0, 0.05) is 4.88 Å². The molecule has 0 atom stereocenters. The van der Waals surface area contributed by atoms with Gasteiger partial charge in [-0.25, -0.2) is 0 Å². The van der Waals surface area contributed by atoms with Crippen LogP contribution in [0.2, 0.25) is 0 Å². The summed E-state index contributed by atoms with van der Waals surface area (Å²) in [7, 11) is 0. The van der Waals surface area contributed by atoms with Crippen molar-refractivity contribution >= 4 is 17.3 Å². The molecule has 16 heavy (non-hydrogen) atoms. The molecule has 0 amide bonds. The van der Waals surface area contributed by atoms with Crippen LogP contribution in [0.15, 0.2) is 35.7 Å². The van der Waals surface area contributed by atoms with Crippen molar-refractivity contribution in [3.63, 3.8) is 0 Å². The molecule has 0 saturated heterocycles. The third kappa shape index (κ3) is 2.49. The zero-order chi connectivity index (χ0) is 11.5. The summed E-state index contributed by atoms with van der Waals surface area (Å²) in [5, 5.41) is 10.6. The average molecular weight is 232 g/mol. The molecule has 1 aromatic heterocycles. The van der Waals surface area contributed by atoms with Gasteiger partial charge in [-0.15, -0.1) is 11.3 Å². The van der Waals surface area contributed by atoms with E-state index in [1.54, 1.807) is 11.3 Å². The Labute approximate surface area is 98.2 Å². The van der Waals surface area contributed by atoms with E-state index in [-0.39, 0.29) is 6.42 Å². The van der Waals surface area contributed by atoms with Crippen molar-refractivity contribution in [1.82, 2.24) is 0 Å². The van der Waals surface area contributed by atoms with Gasteiger partial charge in [-0.3, -0.25) is 4.79 Å². The molecule has 2 nitrogen and oxygen atoms in total.